The van der Waals surface area contributed by atoms with Gasteiger partial charge < -0.3 is 24.1 Å². The van der Waals surface area contributed by atoms with Crippen molar-refractivity contribution in [1.82, 2.24) is 4.90 Å². The van der Waals surface area contributed by atoms with Gasteiger partial charge in [0, 0.05) is 11.8 Å². The minimum atomic E-state index is -1.10. The lowest BCUT2D eigenvalue weighted by Gasteiger charge is -2.30. The van der Waals surface area contributed by atoms with Crippen LogP contribution in [0.1, 0.15) is 31.0 Å². The van der Waals surface area contributed by atoms with E-state index in [1.165, 1.54) is 4.90 Å². The maximum atomic E-state index is 12.9. The van der Waals surface area contributed by atoms with Crippen LogP contribution < -0.4 is 0 Å². The molecule has 2 fully saturated rings. The predicted molar refractivity (Wildman–Crippen MR) is 127 cm³/mol. The average Bonchev–Trinajstić information content (AvgIpc) is 3.42. The lowest BCUT2D eigenvalue weighted by Crippen LogP contribution is -2.46. The molecule has 1 saturated heterocycles. The maximum Gasteiger partial charge on any atom is 0.412 e. The molecule has 8 nitrogen and oxygen atoms in total. The van der Waals surface area contributed by atoms with Gasteiger partial charge in [0.25, 0.3) is 0 Å². The van der Waals surface area contributed by atoms with E-state index >= 15 is 0 Å². The zero-order chi connectivity index (χ0) is 24.8. The first-order valence-corrected chi connectivity index (χ1v) is 12.1. The number of amides is 1. The first kappa shape index (κ1) is 25.2. The van der Waals surface area contributed by atoms with E-state index in [1.54, 1.807) is 13.8 Å². The Hall–Kier alpha value is -2.94. The van der Waals surface area contributed by atoms with Crippen LogP contribution in [0, 0.1) is 17.8 Å². The van der Waals surface area contributed by atoms with Gasteiger partial charge in [-0.05, 0) is 25.0 Å². The molecule has 2 aromatic carbocycles. The minimum Gasteiger partial charge on any atom is -0.466 e. The van der Waals surface area contributed by atoms with Crippen molar-refractivity contribution in [1.29, 1.82) is 0 Å². The topological polar surface area (TPSA) is 94.5 Å². The Morgan fingerprint density at radius 1 is 1.03 bits per heavy atom. The van der Waals surface area contributed by atoms with E-state index in [4.69, 9.17) is 18.9 Å². The number of nitrogens with zero attached hydrogens (tertiary/aromatic N) is 1. The van der Waals surface area contributed by atoms with Gasteiger partial charge in [-0.1, -0.05) is 60.7 Å². The smallest absolute Gasteiger partial charge is 0.412 e. The zero-order valence-electron chi connectivity index (χ0n) is 20.1. The van der Waals surface area contributed by atoms with Gasteiger partial charge in [-0.25, -0.2) is 4.79 Å². The third-order valence-electron chi connectivity index (χ3n) is 6.59. The van der Waals surface area contributed by atoms with Crippen LogP contribution in [0.25, 0.3) is 0 Å². The van der Waals surface area contributed by atoms with E-state index in [0.717, 1.165) is 11.1 Å². The Labute approximate surface area is 205 Å². The summed E-state index contributed by atoms with van der Waals surface area (Å²) < 4.78 is 22.4. The van der Waals surface area contributed by atoms with Gasteiger partial charge in [0.15, 0.2) is 6.23 Å². The van der Waals surface area contributed by atoms with Crippen molar-refractivity contribution in [3.63, 3.8) is 0 Å². The SMILES string of the molecule is CCOC(=O)[C@H]1[C@H](COCc2ccccc2)[C@@H]1[C@@H](O)[C@H]1OC[C@@H](c2ccccc2)N1C(=O)OCC. The van der Waals surface area contributed by atoms with Gasteiger partial charge in [-0.2, -0.15) is 0 Å². The van der Waals surface area contributed by atoms with Crippen LogP contribution >= 0.6 is 0 Å². The molecule has 1 saturated carbocycles. The highest BCUT2D eigenvalue weighted by Crippen LogP contribution is 2.52. The third-order valence-corrected chi connectivity index (χ3v) is 6.59. The molecule has 2 aliphatic rings. The fraction of sp³-hybridized carbons (Fsp3) is 0.481. The number of ether oxygens (including phenoxy) is 4. The molecule has 0 radical (unpaired) electrons. The first-order chi connectivity index (χ1) is 17.1. The van der Waals surface area contributed by atoms with Crippen LogP contribution in [-0.4, -0.2) is 60.8 Å². The van der Waals surface area contributed by atoms with Gasteiger partial charge in [0.05, 0.1) is 45.0 Å². The summed E-state index contributed by atoms with van der Waals surface area (Å²) in [7, 11) is 0. The predicted octanol–water partition coefficient (Wildman–Crippen LogP) is 3.55. The largest absolute Gasteiger partial charge is 0.466 e. The Balaban J connectivity index is 1.49. The molecule has 1 N–H and O–H groups in total. The highest BCUT2D eigenvalue weighted by molar-refractivity contribution is 5.77. The summed E-state index contributed by atoms with van der Waals surface area (Å²) in [6, 6.07) is 18.8. The molecule has 0 unspecified atom stereocenters. The average molecular weight is 484 g/mol. The molecule has 1 aliphatic carbocycles. The van der Waals surface area contributed by atoms with E-state index in [2.05, 4.69) is 0 Å². The number of hydrogen-bond acceptors (Lipinski definition) is 7. The van der Waals surface area contributed by atoms with E-state index < -0.39 is 36.3 Å². The van der Waals surface area contributed by atoms with Gasteiger partial charge in [0.2, 0.25) is 0 Å². The zero-order valence-corrected chi connectivity index (χ0v) is 20.1. The first-order valence-electron chi connectivity index (χ1n) is 12.1. The standard InChI is InChI=1S/C27H33NO7/c1-3-33-26(30)23-20(16-32-15-18-11-7-5-8-12-18)22(23)24(29)25-28(27(31)34-4-2)21(17-35-25)19-13-9-6-10-14-19/h5-14,20-25,29H,3-4,15-17H2,1-2H3/t20-,21+,22+,23+,24-,25-/m1/s1. The second-order valence-corrected chi connectivity index (χ2v) is 8.77. The highest BCUT2D eigenvalue weighted by Gasteiger charge is 2.62. The lowest BCUT2D eigenvalue weighted by atomic mass is 10.1. The van der Waals surface area contributed by atoms with E-state index in [9.17, 15) is 14.7 Å². The molecule has 1 heterocycles. The second-order valence-electron chi connectivity index (χ2n) is 8.77. The molecule has 2 aromatic rings. The molecule has 0 bridgehead atoms. The summed E-state index contributed by atoms with van der Waals surface area (Å²) in [5, 5.41) is 11.4. The van der Waals surface area contributed by atoms with Crippen LogP contribution in [0.5, 0.6) is 0 Å². The van der Waals surface area contributed by atoms with E-state index in [1.807, 2.05) is 60.7 Å². The van der Waals surface area contributed by atoms with Crippen LogP contribution in [-0.2, 0) is 30.3 Å². The minimum absolute atomic E-state index is 0.199. The van der Waals surface area contributed by atoms with Crippen LogP contribution in [0.3, 0.4) is 0 Å². The third kappa shape index (κ3) is 5.66. The van der Waals surface area contributed by atoms with E-state index in [0.29, 0.717) is 6.61 Å². The molecule has 188 valence electrons. The number of hydrogen-bond donors (Lipinski definition) is 1. The van der Waals surface area contributed by atoms with Crippen molar-refractivity contribution in [3.8, 4) is 0 Å². The number of esters is 1. The molecule has 1 aliphatic heterocycles. The second kappa shape index (κ2) is 11.7. The van der Waals surface area contributed by atoms with Crippen LogP contribution in [0.15, 0.2) is 60.7 Å². The van der Waals surface area contributed by atoms with Crippen molar-refractivity contribution >= 4 is 12.1 Å². The van der Waals surface area contributed by atoms with Gasteiger partial charge in [-0.3, -0.25) is 9.69 Å². The monoisotopic (exact) mass is 483 g/mol. The van der Waals surface area contributed by atoms with Crippen LogP contribution in [0.2, 0.25) is 0 Å². The summed E-state index contributed by atoms with van der Waals surface area (Å²) in [5.74, 6) is -1.59. The molecular weight excluding hydrogens is 450 g/mol. The fourth-order valence-electron chi connectivity index (χ4n) is 4.88. The molecule has 0 aromatic heterocycles. The normalized spacial score (nSPS) is 26.3. The fourth-order valence-corrected chi connectivity index (χ4v) is 4.88. The summed E-state index contributed by atoms with van der Waals surface area (Å²) in [6.45, 7) is 4.84. The lowest BCUT2D eigenvalue weighted by molar-refractivity contribution is -0.146. The molecule has 6 atom stereocenters. The number of aliphatic hydroxyl groups excluding tert-OH is 1. The van der Waals surface area contributed by atoms with Crippen LogP contribution in [0.4, 0.5) is 4.79 Å². The molecule has 35 heavy (non-hydrogen) atoms. The number of benzene rings is 2. The quantitative estimate of drug-likeness (QED) is 0.517. The van der Waals surface area contributed by atoms with Gasteiger partial charge in [0.1, 0.15) is 6.10 Å². The van der Waals surface area contributed by atoms with Gasteiger partial charge in [-0.15, -0.1) is 0 Å². The Morgan fingerprint density at radius 3 is 2.34 bits per heavy atom. The maximum absolute atomic E-state index is 12.9. The Kier molecular flexibility index (Phi) is 8.38. The summed E-state index contributed by atoms with van der Waals surface area (Å²) in [4.78, 5) is 27.0. The van der Waals surface area contributed by atoms with Crippen molar-refractivity contribution < 1.29 is 33.6 Å². The Morgan fingerprint density at radius 2 is 1.69 bits per heavy atom. The van der Waals surface area contributed by atoms with Crippen molar-refractivity contribution in [3.05, 3.63) is 71.8 Å². The number of carbonyl (C=O) groups excluding carboxylic acids is 2. The summed E-state index contributed by atoms with van der Waals surface area (Å²) in [5.41, 5.74) is 1.91. The molecule has 8 heteroatoms. The Bertz CT molecular complexity index is 970. The molecule has 1 amide bonds. The van der Waals surface area contributed by atoms with E-state index in [-0.39, 0.29) is 38.3 Å². The highest BCUT2D eigenvalue weighted by atomic mass is 16.6. The summed E-state index contributed by atoms with van der Waals surface area (Å²) in [6.07, 6.45) is -2.61. The molecular formula is C27H33NO7. The van der Waals surface area contributed by atoms with Gasteiger partial charge >= 0.3 is 12.1 Å². The number of rotatable bonds is 10. The van der Waals surface area contributed by atoms with Crippen molar-refractivity contribution in [2.75, 3.05) is 26.4 Å². The molecule has 4 rings (SSSR count). The molecule has 0 spiro atoms. The van der Waals surface area contributed by atoms with Crippen molar-refractivity contribution in [2.24, 2.45) is 17.8 Å². The number of aliphatic hydroxyl groups is 1. The van der Waals surface area contributed by atoms with Crippen molar-refractivity contribution in [2.45, 2.75) is 38.8 Å². The number of carbonyl (C=O) groups is 2. The summed E-state index contributed by atoms with van der Waals surface area (Å²) >= 11 is 0.